The molecule has 0 amide bonds. The molecule has 1 heterocycles. The SMILES string of the molecule is CNS(=O)(=O)c1ccc(N2CC(OC)C(OC)C2)c(N)c1. The lowest BCUT2D eigenvalue weighted by molar-refractivity contribution is -0.00461. The highest BCUT2D eigenvalue weighted by Crippen LogP contribution is 2.30. The fraction of sp³-hybridized carbons (Fsp3) is 0.538. The molecule has 3 N–H and O–H groups in total. The highest BCUT2D eigenvalue weighted by molar-refractivity contribution is 7.89. The van der Waals surface area contributed by atoms with Gasteiger partial charge in [0.05, 0.1) is 16.3 Å². The van der Waals surface area contributed by atoms with E-state index in [1.807, 2.05) is 4.90 Å². The number of nitrogens with one attached hydrogen (secondary N) is 1. The first-order chi connectivity index (χ1) is 9.92. The van der Waals surface area contributed by atoms with Gasteiger partial charge in [-0.05, 0) is 25.2 Å². The van der Waals surface area contributed by atoms with Crippen molar-refractivity contribution in [3.63, 3.8) is 0 Å². The monoisotopic (exact) mass is 315 g/mol. The van der Waals surface area contributed by atoms with Gasteiger partial charge in [-0.25, -0.2) is 13.1 Å². The number of sulfonamides is 1. The molecule has 0 aromatic heterocycles. The summed E-state index contributed by atoms with van der Waals surface area (Å²) in [5.41, 5.74) is 7.21. The molecule has 0 radical (unpaired) electrons. The highest BCUT2D eigenvalue weighted by Gasteiger charge is 2.33. The van der Waals surface area contributed by atoms with Crippen LogP contribution in [0.2, 0.25) is 0 Å². The molecular formula is C13H21N3O4S. The van der Waals surface area contributed by atoms with Crippen molar-refractivity contribution in [1.29, 1.82) is 0 Å². The van der Waals surface area contributed by atoms with Crippen LogP contribution in [0.1, 0.15) is 0 Å². The zero-order valence-corrected chi connectivity index (χ0v) is 13.2. The topological polar surface area (TPSA) is 93.9 Å². The Morgan fingerprint density at radius 3 is 2.24 bits per heavy atom. The molecule has 2 atom stereocenters. The highest BCUT2D eigenvalue weighted by atomic mass is 32.2. The van der Waals surface area contributed by atoms with Crippen molar-refractivity contribution in [2.45, 2.75) is 17.1 Å². The van der Waals surface area contributed by atoms with E-state index < -0.39 is 10.0 Å². The third-order valence-electron chi connectivity index (χ3n) is 3.74. The molecule has 1 aliphatic heterocycles. The average molecular weight is 315 g/mol. The van der Waals surface area contributed by atoms with Gasteiger partial charge in [0.2, 0.25) is 10.0 Å². The van der Waals surface area contributed by atoms with Crippen LogP contribution in [-0.2, 0) is 19.5 Å². The molecule has 1 aliphatic rings. The van der Waals surface area contributed by atoms with Gasteiger partial charge in [0, 0.05) is 27.3 Å². The number of benzene rings is 1. The summed E-state index contributed by atoms with van der Waals surface area (Å²) < 4.78 is 36.6. The smallest absolute Gasteiger partial charge is 0.240 e. The van der Waals surface area contributed by atoms with Gasteiger partial charge in [-0.2, -0.15) is 0 Å². The molecule has 0 bridgehead atoms. The minimum atomic E-state index is -3.49. The van der Waals surface area contributed by atoms with Crippen molar-refractivity contribution in [1.82, 2.24) is 4.72 Å². The van der Waals surface area contributed by atoms with Crippen LogP contribution in [-0.4, -0.2) is 55.0 Å². The van der Waals surface area contributed by atoms with E-state index in [-0.39, 0.29) is 17.1 Å². The van der Waals surface area contributed by atoms with Crippen molar-refractivity contribution in [2.24, 2.45) is 0 Å². The number of methoxy groups -OCH3 is 2. The van der Waals surface area contributed by atoms with E-state index in [0.717, 1.165) is 5.69 Å². The van der Waals surface area contributed by atoms with Gasteiger partial charge in [-0.1, -0.05) is 0 Å². The third kappa shape index (κ3) is 3.13. The number of anilines is 2. The maximum absolute atomic E-state index is 11.8. The van der Waals surface area contributed by atoms with Crippen molar-refractivity contribution < 1.29 is 17.9 Å². The van der Waals surface area contributed by atoms with Crippen LogP contribution in [0.4, 0.5) is 11.4 Å². The predicted octanol–water partition coefficient (Wildman–Crippen LogP) is 0.0269. The van der Waals surface area contributed by atoms with Crippen molar-refractivity contribution >= 4 is 21.4 Å². The number of hydrogen-bond donors (Lipinski definition) is 2. The second kappa shape index (κ2) is 6.18. The lowest BCUT2D eigenvalue weighted by atomic mass is 10.2. The summed E-state index contributed by atoms with van der Waals surface area (Å²) in [5.74, 6) is 0. The third-order valence-corrected chi connectivity index (χ3v) is 5.15. The van der Waals surface area contributed by atoms with Gasteiger partial charge >= 0.3 is 0 Å². The fourth-order valence-electron chi connectivity index (χ4n) is 2.50. The first-order valence-electron chi connectivity index (χ1n) is 6.56. The van der Waals surface area contributed by atoms with Gasteiger partial charge in [-0.15, -0.1) is 0 Å². The van der Waals surface area contributed by atoms with Gasteiger partial charge < -0.3 is 20.1 Å². The summed E-state index contributed by atoms with van der Waals surface area (Å²) >= 11 is 0. The largest absolute Gasteiger partial charge is 0.397 e. The molecule has 0 spiro atoms. The Hall–Kier alpha value is -1.35. The molecule has 2 rings (SSSR count). The number of nitrogens with zero attached hydrogens (tertiary/aromatic N) is 1. The summed E-state index contributed by atoms with van der Waals surface area (Å²) in [5, 5.41) is 0. The molecule has 1 fully saturated rings. The lowest BCUT2D eigenvalue weighted by Crippen LogP contribution is -2.27. The standard InChI is InChI=1S/C13H21N3O4S/c1-15-21(17,18)9-4-5-11(10(14)6-9)16-7-12(19-2)13(8-16)20-3/h4-6,12-13,15H,7-8,14H2,1-3H3. The molecular weight excluding hydrogens is 294 g/mol. The quantitative estimate of drug-likeness (QED) is 0.745. The second-order valence-corrected chi connectivity index (χ2v) is 6.77. The Labute approximate surface area is 125 Å². The molecule has 118 valence electrons. The maximum Gasteiger partial charge on any atom is 0.240 e. The van der Waals surface area contributed by atoms with Crippen LogP contribution < -0.4 is 15.4 Å². The van der Waals surface area contributed by atoms with E-state index in [4.69, 9.17) is 15.2 Å². The van der Waals surface area contributed by atoms with E-state index in [1.54, 1.807) is 26.4 Å². The lowest BCUT2D eigenvalue weighted by Gasteiger charge is -2.20. The van der Waals surface area contributed by atoms with Crippen LogP contribution in [0.25, 0.3) is 0 Å². The van der Waals surface area contributed by atoms with E-state index in [9.17, 15) is 8.42 Å². The molecule has 1 saturated heterocycles. The second-order valence-electron chi connectivity index (χ2n) is 4.88. The summed E-state index contributed by atoms with van der Waals surface area (Å²) in [4.78, 5) is 2.19. The Bertz CT molecular complexity index is 593. The van der Waals surface area contributed by atoms with Crippen LogP contribution in [0.15, 0.2) is 23.1 Å². The normalized spacial score (nSPS) is 22.7. The molecule has 0 aliphatic carbocycles. The molecule has 21 heavy (non-hydrogen) atoms. The zero-order valence-electron chi connectivity index (χ0n) is 12.4. The van der Waals surface area contributed by atoms with Crippen molar-refractivity contribution in [2.75, 3.05) is 45.0 Å². The number of ether oxygens (including phenoxy) is 2. The Balaban J connectivity index is 2.27. The first kappa shape index (κ1) is 16.0. The molecule has 7 nitrogen and oxygen atoms in total. The molecule has 8 heteroatoms. The fourth-order valence-corrected chi connectivity index (χ4v) is 3.26. The van der Waals surface area contributed by atoms with Crippen LogP contribution >= 0.6 is 0 Å². The molecule has 0 saturated carbocycles. The van der Waals surface area contributed by atoms with Gasteiger partial charge in [0.15, 0.2) is 0 Å². The van der Waals surface area contributed by atoms with Gasteiger partial charge in [0.25, 0.3) is 0 Å². The van der Waals surface area contributed by atoms with Crippen molar-refractivity contribution in [3.8, 4) is 0 Å². The first-order valence-corrected chi connectivity index (χ1v) is 8.05. The molecule has 1 aromatic carbocycles. The summed E-state index contributed by atoms with van der Waals surface area (Å²) in [6.45, 7) is 1.30. The van der Waals surface area contributed by atoms with E-state index in [0.29, 0.717) is 18.8 Å². The minimum Gasteiger partial charge on any atom is -0.397 e. The van der Waals surface area contributed by atoms with E-state index >= 15 is 0 Å². The Morgan fingerprint density at radius 2 is 1.81 bits per heavy atom. The maximum atomic E-state index is 11.8. The van der Waals surface area contributed by atoms with Crippen molar-refractivity contribution in [3.05, 3.63) is 18.2 Å². The summed E-state index contributed by atoms with van der Waals surface area (Å²) in [6, 6.07) is 4.72. The molecule has 1 aromatic rings. The van der Waals surface area contributed by atoms with E-state index in [1.165, 1.54) is 13.1 Å². The average Bonchev–Trinajstić information content (AvgIpc) is 2.90. The summed E-state index contributed by atoms with van der Waals surface area (Å²) in [6.07, 6.45) is -0.0646. The number of nitrogen functional groups attached to an aromatic ring is 1. The van der Waals surface area contributed by atoms with Crippen LogP contribution in [0.5, 0.6) is 0 Å². The van der Waals surface area contributed by atoms with Gasteiger partial charge in [0.1, 0.15) is 12.2 Å². The van der Waals surface area contributed by atoms with E-state index in [2.05, 4.69) is 4.72 Å². The van der Waals surface area contributed by atoms with Gasteiger partial charge in [-0.3, -0.25) is 0 Å². The predicted molar refractivity (Wildman–Crippen MR) is 80.9 cm³/mol. The summed E-state index contributed by atoms with van der Waals surface area (Å²) in [7, 11) is 1.17. The van der Waals surface area contributed by atoms with Crippen LogP contribution in [0, 0.1) is 0 Å². The number of hydrogen-bond acceptors (Lipinski definition) is 6. The minimum absolute atomic E-state index is 0.0323. The Morgan fingerprint density at radius 1 is 1.24 bits per heavy atom. The zero-order chi connectivity index (χ0) is 15.6. The number of rotatable bonds is 5. The molecule has 2 unspecified atom stereocenters. The number of nitrogens with two attached hydrogens (primary N) is 1. The van der Waals surface area contributed by atoms with Crippen LogP contribution in [0.3, 0.4) is 0 Å². The Kier molecular flexibility index (Phi) is 4.72.